The van der Waals surface area contributed by atoms with Gasteiger partial charge < -0.3 is 15.0 Å². The number of nitrogens with zero attached hydrogens (tertiary/aromatic N) is 2. The fourth-order valence-electron chi connectivity index (χ4n) is 3.44. The highest BCUT2D eigenvalue weighted by Gasteiger charge is 2.23. The first-order valence-corrected chi connectivity index (χ1v) is 8.56. The molecule has 1 aliphatic rings. The van der Waals surface area contributed by atoms with E-state index in [2.05, 4.69) is 35.0 Å². The SMILES string of the molecule is Cc1ccc2nc(C3CCCN(CCCCCO)C3)[nH]c2c1. The molecule has 22 heavy (non-hydrogen) atoms. The number of rotatable bonds is 6. The number of aromatic nitrogens is 2. The lowest BCUT2D eigenvalue weighted by Gasteiger charge is -2.31. The largest absolute Gasteiger partial charge is 0.396 e. The predicted molar refractivity (Wildman–Crippen MR) is 90.2 cm³/mol. The maximum absolute atomic E-state index is 8.86. The van der Waals surface area contributed by atoms with E-state index in [9.17, 15) is 0 Å². The van der Waals surface area contributed by atoms with Gasteiger partial charge in [-0.15, -0.1) is 0 Å². The molecule has 1 atom stereocenters. The van der Waals surface area contributed by atoms with Gasteiger partial charge in [-0.25, -0.2) is 4.98 Å². The van der Waals surface area contributed by atoms with Gasteiger partial charge in [0, 0.05) is 19.1 Å². The Balaban J connectivity index is 1.62. The van der Waals surface area contributed by atoms with Crippen molar-refractivity contribution < 1.29 is 5.11 Å². The number of benzene rings is 1. The van der Waals surface area contributed by atoms with Crippen LogP contribution >= 0.6 is 0 Å². The first kappa shape index (κ1) is 15.5. The van der Waals surface area contributed by atoms with E-state index in [0.29, 0.717) is 12.5 Å². The molecule has 2 heterocycles. The van der Waals surface area contributed by atoms with Crippen LogP contribution in [0.15, 0.2) is 18.2 Å². The molecule has 0 spiro atoms. The number of nitrogens with one attached hydrogen (secondary N) is 1. The zero-order chi connectivity index (χ0) is 15.4. The summed E-state index contributed by atoms with van der Waals surface area (Å²) in [4.78, 5) is 10.9. The normalized spacial score (nSPS) is 19.8. The molecule has 0 radical (unpaired) electrons. The second-order valence-electron chi connectivity index (χ2n) is 6.57. The third kappa shape index (κ3) is 3.68. The van der Waals surface area contributed by atoms with Gasteiger partial charge in [-0.1, -0.05) is 6.07 Å². The lowest BCUT2D eigenvalue weighted by Crippen LogP contribution is -2.35. The number of unbranched alkanes of at least 4 members (excludes halogenated alkanes) is 2. The van der Waals surface area contributed by atoms with Crippen molar-refractivity contribution in [2.24, 2.45) is 0 Å². The summed E-state index contributed by atoms with van der Waals surface area (Å²) in [7, 11) is 0. The predicted octanol–water partition coefficient (Wildman–Crippen LogP) is 3.21. The van der Waals surface area contributed by atoms with Gasteiger partial charge in [0.05, 0.1) is 11.0 Å². The van der Waals surface area contributed by atoms with Crippen molar-refractivity contribution in [2.45, 2.75) is 44.9 Å². The Morgan fingerprint density at radius 3 is 3.09 bits per heavy atom. The van der Waals surface area contributed by atoms with Crippen molar-refractivity contribution in [3.63, 3.8) is 0 Å². The summed E-state index contributed by atoms with van der Waals surface area (Å²) in [6.45, 7) is 5.90. The molecule has 1 unspecified atom stereocenters. The van der Waals surface area contributed by atoms with Crippen LogP contribution in [0.2, 0.25) is 0 Å². The summed E-state index contributed by atoms with van der Waals surface area (Å²) >= 11 is 0. The van der Waals surface area contributed by atoms with Crippen LogP contribution in [0.3, 0.4) is 0 Å². The Morgan fingerprint density at radius 2 is 2.23 bits per heavy atom. The van der Waals surface area contributed by atoms with E-state index < -0.39 is 0 Å². The minimum Gasteiger partial charge on any atom is -0.396 e. The number of aliphatic hydroxyl groups is 1. The number of aromatic amines is 1. The molecule has 2 aromatic rings. The van der Waals surface area contributed by atoms with E-state index in [1.165, 1.54) is 31.4 Å². The van der Waals surface area contributed by atoms with Crippen molar-refractivity contribution in [2.75, 3.05) is 26.2 Å². The number of imidazole rings is 1. The third-order valence-corrected chi connectivity index (χ3v) is 4.68. The average Bonchev–Trinajstić information content (AvgIpc) is 2.95. The Kier molecular flexibility index (Phi) is 5.11. The van der Waals surface area contributed by atoms with Gasteiger partial charge in [0.25, 0.3) is 0 Å². The minimum absolute atomic E-state index is 0.320. The van der Waals surface area contributed by atoms with Gasteiger partial charge >= 0.3 is 0 Å². The zero-order valence-electron chi connectivity index (χ0n) is 13.5. The summed E-state index contributed by atoms with van der Waals surface area (Å²) in [6, 6.07) is 6.42. The summed E-state index contributed by atoms with van der Waals surface area (Å²) in [6.07, 6.45) is 5.72. The first-order valence-electron chi connectivity index (χ1n) is 8.56. The van der Waals surface area contributed by atoms with Crippen LogP contribution < -0.4 is 0 Å². The fourth-order valence-corrected chi connectivity index (χ4v) is 3.44. The van der Waals surface area contributed by atoms with Gasteiger partial charge in [-0.2, -0.15) is 0 Å². The highest BCUT2D eigenvalue weighted by molar-refractivity contribution is 5.75. The van der Waals surface area contributed by atoms with E-state index in [1.807, 2.05) is 0 Å². The molecule has 0 bridgehead atoms. The molecule has 0 aliphatic carbocycles. The Hall–Kier alpha value is -1.39. The Labute approximate surface area is 132 Å². The van der Waals surface area contributed by atoms with Crippen LogP contribution in [0.1, 0.15) is 49.4 Å². The molecular formula is C18H27N3O. The topological polar surface area (TPSA) is 52.1 Å². The molecule has 2 N–H and O–H groups in total. The molecule has 3 rings (SSSR count). The van der Waals surface area contributed by atoms with E-state index in [1.54, 1.807) is 0 Å². The zero-order valence-corrected chi connectivity index (χ0v) is 13.5. The number of hydrogen-bond donors (Lipinski definition) is 2. The Bertz CT molecular complexity index is 607. The highest BCUT2D eigenvalue weighted by Crippen LogP contribution is 2.27. The van der Waals surface area contributed by atoms with E-state index in [-0.39, 0.29) is 0 Å². The standard InChI is InChI=1S/C18H27N3O/c1-14-7-8-16-17(12-14)20-18(19-16)15-6-5-10-21(13-15)9-3-2-4-11-22/h7-8,12,15,22H,2-6,9-11,13H2,1H3,(H,19,20). The smallest absolute Gasteiger partial charge is 0.111 e. The molecule has 1 saturated heterocycles. The van der Waals surface area contributed by atoms with Crippen molar-refractivity contribution in [3.05, 3.63) is 29.6 Å². The van der Waals surface area contributed by atoms with Crippen LogP contribution in [0.25, 0.3) is 11.0 Å². The van der Waals surface area contributed by atoms with Crippen LogP contribution in [0.4, 0.5) is 0 Å². The second-order valence-corrected chi connectivity index (χ2v) is 6.57. The maximum atomic E-state index is 8.86. The fraction of sp³-hybridized carbons (Fsp3) is 0.611. The van der Waals surface area contributed by atoms with Gasteiger partial charge in [0.1, 0.15) is 5.82 Å². The summed E-state index contributed by atoms with van der Waals surface area (Å²) in [5, 5.41) is 8.86. The molecule has 4 nitrogen and oxygen atoms in total. The average molecular weight is 301 g/mol. The summed E-state index contributed by atoms with van der Waals surface area (Å²) in [5.41, 5.74) is 3.52. The van der Waals surface area contributed by atoms with E-state index >= 15 is 0 Å². The monoisotopic (exact) mass is 301 g/mol. The Morgan fingerprint density at radius 1 is 1.32 bits per heavy atom. The molecule has 0 amide bonds. The number of H-pyrrole nitrogens is 1. The van der Waals surface area contributed by atoms with E-state index in [0.717, 1.165) is 42.8 Å². The van der Waals surface area contributed by atoms with Gasteiger partial charge in [0.2, 0.25) is 0 Å². The van der Waals surface area contributed by atoms with Crippen LogP contribution in [0, 0.1) is 6.92 Å². The van der Waals surface area contributed by atoms with E-state index in [4.69, 9.17) is 10.1 Å². The van der Waals surface area contributed by atoms with Crippen LogP contribution in [-0.4, -0.2) is 46.2 Å². The molecule has 1 aliphatic heterocycles. The third-order valence-electron chi connectivity index (χ3n) is 4.68. The molecule has 1 aromatic carbocycles. The molecule has 1 aromatic heterocycles. The number of likely N-dealkylation sites (tertiary alicyclic amines) is 1. The number of aliphatic hydroxyl groups excluding tert-OH is 1. The quantitative estimate of drug-likeness (QED) is 0.806. The maximum Gasteiger partial charge on any atom is 0.111 e. The lowest BCUT2D eigenvalue weighted by atomic mass is 9.97. The molecular weight excluding hydrogens is 274 g/mol. The van der Waals surface area contributed by atoms with Crippen LogP contribution in [0.5, 0.6) is 0 Å². The number of piperidine rings is 1. The lowest BCUT2D eigenvalue weighted by molar-refractivity contribution is 0.198. The minimum atomic E-state index is 0.320. The van der Waals surface area contributed by atoms with Crippen molar-refractivity contribution in [3.8, 4) is 0 Å². The van der Waals surface area contributed by atoms with Gasteiger partial charge in [-0.3, -0.25) is 0 Å². The number of fused-ring (bicyclic) bond motifs is 1. The second kappa shape index (κ2) is 7.25. The summed E-state index contributed by atoms with van der Waals surface area (Å²) in [5.74, 6) is 1.68. The van der Waals surface area contributed by atoms with Gasteiger partial charge in [0.15, 0.2) is 0 Å². The number of aryl methyl sites for hydroxylation is 1. The van der Waals surface area contributed by atoms with Crippen molar-refractivity contribution in [1.82, 2.24) is 14.9 Å². The molecule has 4 heteroatoms. The molecule has 1 fully saturated rings. The van der Waals surface area contributed by atoms with Crippen LogP contribution in [-0.2, 0) is 0 Å². The molecule has 120 valence electrons. The van der Waals surface area contributed by atoms with Crippen molar-refractivity contribution >= 4 is 11.0 Å². The summed E-state index contributed by atoms with van der Waals surface area (Å²) < 4.78 is 0. The van der Waals surface area contributed by atoms with Gasteiger partial charge in [-0.05, 0) is 69.8 Å². The number of hydrogen-bond acceptors (Lipinski definition) is 3. The van der Waals surface area contributed by atoms with Crippen molar-refractivity contribution in [1.29, 1.82) is 0 Å². The molecule has 0 saturated carbocycles. The highest BCUT2D eigenvalue weighted by atomic mass is 16.2. The first-order chi connectivity index (χ1) is 10.8.